The predicted molar refractivity (Wildman–Crippen MR) is 69.7 cm³/mol. The molecule has 1 atom stereocenters. The van der Waals surface area contributed by atoms with Crippen molar-refractivity contribution in [2.45, 2.75) is 52.5 Å². The van der Waals surface area contributed by atoms with Crippen LogP contribution in [0.3, 0.4) is 0 Å². The molecule has 0 radical (unpaired) electrons. The number of unbranched alkanes of at least 4 members (excludes halogenated alkanes) is 1. The molecule has 2 N–H and O–H groups in total. The first-order chi connectivity index (χ1) is 8.43. The van der Waals surface area contributed by atoms with Gasteiger partial charge in [0.15, 0.2) is 0 Å². The van der Waals surface area contributed by atoms with Crippen molar-refractivity contribution in [3.63, 3.8) is 0 Å². The van der Waals surface area contributed by atoms with E-state index in [1.165, 1.54) is 0 Å². The summed E-state index contributed by atoms with van der Waals surface area (Å²) in [5.74, 6) is -0.0887. The standard InChI is InChI=1S/C13H24N2O3/c1-4-11(14)13(18)15(9-16)8-6-5-7-12(17)10(2)3/h9-11H,4-8,14H2,1-3H3. The average molecular weight is 256 g/mol. The van der Waals surface area contributed by atoms with Crippen LogP contribution in [0.2, 0.25) is 0 Å². The number of rotatable bonds is 9. The van der Waals surface area contributed by atoms with Crippen LogP contribution < -0.4 is 5.73 Å². The summed E-state index contributed by atoms with van der Waals surface area (Å²) in [7, 11) is 0. The van der Waals surface area contributed by atoms with Crippen molar-refractivity contribution < 1.29 is 14.4 Å². The van der Waals surface area contributed by atoms with Crippen LogP contribution in [0.1, 0.15) is 46.5 Å². The maximum Gasteiger partial charge on any atom is 0.245 e. The lowest BCUT2D eigenvalue weighted by Gasteiger charge is -2.18. The molecule has 0 saturated carbocycles. The van der Waals surface area contributed by atoms with E-state index in [4.69, 9.17) is 5.73 Å². The molecule has 0 aliphatic heterocycles. The third-order valence-corrected chi connectivity index (χ3v) is 2.88. The molecule has 0 aromatic heterocycles. The van der Waals surface area contributed by atoms with Crippen LogP contribution in [0, 0.1) is 5.92 Å². The van der Waals surface area contributed by atoms with E-state index in [1.54, 1.807) is 6.92 Å². The molecule has 0 aromatic rings. The van der Waals surface area contributed by atoms with Crippen LogP contribution in [0.15, 0.2) is 0 Å². The first-order valence-electron chi connectivity index (χ1n) is 6.48. The normalized spacial score (nSPS) is 12.3. The summed E-state index contributed by atoms with van der Waals surface area (Å²) in [5.41, 5.74) is 5.58. The first kappa shape index (κ1) is 16.8. The van der Waals surface area contributed by atoms with Gasteiger partial charge in [-0.3, -0.25) is 19.3 Å². The fraction of sp³-hybridized carbons (Fsp3) is 0.769. The fourth-order valence-electron chi connectivity index (χ4n) is 1.47. The van der Waals surface area contributed by atoms with E-state index in [-0.39, 0.29) is 17.6 Å². The van der Waals surface area contributed by atoms with Gasteiger partial charge in [-0.1, -0.05) is 20.8 Å². The number of nitrogens with two attached hydrogens (primary N) is 1. The molecule has 0 fully saturated rings. The van der Waals surface area contributed by atoms with Gasteiger partial charge in [-0.2, -0.15) is 0 Å². The number of nitrogens with zero attached hydrogens (tertiary/aromatic N) is 1. The molecule has 18 heavy (non-hydrogen) atoms. The maximum atomic E-state index is 11.6. The second kappa shape index (κ2) is 8.80. The van der Waals surface area contributed by atoms with E-state index >= 15 is 0 Å². The highest BCUT2D eigenvalue weighted by Crippen LogP contribution is 2.05. The Morgan fingerprint density at radius 1 is 1.28 bits per heavy atom. The van der Waals surface area contributed by atoms with Crippen LogP contribution >= 0.6 is 0 Å². The predicted octanol–water partition coefficient (Wildman–Crippen LogP) is 1.10. The van der Waals surface area contributed by atoms with Crippen molar-refractivity contribution in [1.29, 1.82) is 0 Å². The molecule has 0 heterocycles. The second-order valence-electron chi connectivity index (χ2n) is 4.73. The van der Waals surface area contributed by atoms with E-state index in [9.17, 15) is 14.4 Å². The van der Waals surface area contributed by atoms with E-state index in [2.05, 4.69) is 0 Å². The minimum atomic E-state index is -0.618. The van der Waals surface area contributed by atoms with Crippen LogP contribution in [0.4, 0.5) is 0 Å². The number of hydrogen-bond donors (Lipinski definition) is 1. The van der Waals surface area contributed by atoms with Crippen molar-refractivity contribution in [2.24, 2.45) is 11.7 Å². The van der Waals surface area contributed by atoms with Crippen LogP contribution in [-0.2, 0) is 14.4 Å². The summed E-state index contributed by atoms with van der Waals surface area (Å²) in [6.07, 6.45) is 2.85. The summed E-state index contributed by atoms with van der Waals surface area (Å²) in [6, 6.07) is -0.618. The second-order valence-corrected chi connectivity index (χ2v) is 4.73. The minimum Gasteiger partial charge on any atom is -0.320 e. The highest BCUT2D eigenvalue weighted by molar-refractivity contribution is 5.89. The highest BCUT2D eigenvalue weighted by Gasteiger charge is 2.18. The number of carbonyl (C=O) groups is 3. The number of hydrogen-bond acceptors (Lipinski definition) is 4. The molecule has 0 saturated heterocycles. The SMILES string of the molecule is CCC(N)C(=O)N(C=O)CCCCC(=O)C(C)C. The number of ketones is 1. The Labute approximate surface area is 109 Å². The zero-order valence-electron chi connectivity index (χ0n) is 11.5. The lowest BCUT2D eigenvalue weighted by Crippen LogP contribution is -2.43. The van der Waals surface area contributed by atoms with Gasteiger partial charge in [-0.05, 0) is 19.3 Å². The fourth-order valence-corrected chi connectivity index (χ4v) is 1.47. The molecular weight excluding hydrogens is 232 g/mol. The lowest BCUT2D eigenvalue weighted by atomic mass is 10.0. The third kappa shape index (κ3) is 5.91. The summed E-state index contributed by atoms with van der Waals surface area (Å²) in [6.45, 7) is 5.86. The Morgan fingerprint density at radius 3 is 2.33 bits per heavy atom. The van der Waals surface area contributed by atoms with Gasteiger partial charge in [0, 0.05) is 18.9 Å². The molecule has 5 heteroatoms. The smallest absolute Gasteiger partial charge is 0.245 e. The van der Waals surface area contributed by atoms with Crippen molar-refractivity contribution in [3.05, 3.63) is 0 Å². The third-order valence-electron chi connectivity index (χ3n) is 2.88. The van der Waals surface area contributed by atoms with Gasteiger partial charge in [0.05, 0.1) is 6.04 Å². The van der Waals surface area contributed by atoms with E-state index < -0.39 is 6.04 Å². The Hall–Kier alpha value is -1.23. The summed E-state index contributed by atoms with van der Waals surface area (Å²) in [5, 5.41) is 0. The summed E-state index contributed by atoms with van der Waals surface area (Å²) >= 11 is 0. The molecule has 0 rings (SSSR count). The van der Waals surface area contributed by atoms with Crippen LogP contribution in [0.25, 0.3) is 0 Å². The monoisotopic (exact) mass is 256 g/mol. The minimum absolute atomic E-state index is 0.0438. The van der Waals surface area contributed by atoms with E-state index in [1.807, 2.05) is 13.8 Å². The van der Waals surface area contributed by atoms with Gasteiger partial charge < -0.3 is 5.73 Å². The molecule has 0 spiro atoms. The van der Waals surface area contributed by atoms with Gasteiger partial charge >= 0.3 is 0 Å². The Morgan fingerprint density at radius 2 is 1.89 bits per heavy atom. The van der Waals surface area contributed by atoms with Gasteiger partial charge in [0.25, 0.3) is 0 Å². The summed E-state index contributed by atoms with van der Waals surface area (Å²) < 4.78 is 0. The van der Waals surface area contributed by atoms with E-state index in [0.717, 1.165) is 4.90 Å². The maximum absolute atomic E-state index is 11.6. The van der Waals surface area contributed by atoms with Crippen LogP contribution in [0.5, 0.6) is 0 Å². The topological polar surface area (TPSA) is 80.5 Å². The zero-order chi connectivity index (χ0) is 14.1. The first-order valence-corrected chi connectivity index (χ1v) is 6.48. The molecule has 0 aromatic carbocycles. The number of imide groups is 1. The quantitative estimate of drug-likeness (QED) is 0.495. The van der Waals surface area contributed by atoms with Crippen molar-refractivity contribution in [2.75, 3.05) is 6.54 Å². The lowest BCUT2D eigenvalue weighted by molar-refractivity contribution is -0.139. The molecule has 0 aliphatic carbocycles. The number of carbonyl (C=O) groups excluding carboxylic acids is 3. The largest absolute Gasteiger partial charge is 0.320 e. The molecular formula is C13H24N2O3. The van der Waals surface area contributed by atoms with Gasteiger partial charge in [-0.25, -0.2) is 0 Å². The van der Waals surface area contributed by atoms with Gasteiger partial charge in [0.1, 0.15) is 5.78 Å². The Balaban J connectivity index is 3.99. The van der Waals surface area contributed by atoms with Gasteiger partial charge in [0.2, 0.25) is 12.3 Å². The molecule has 2 amide bonds. The van der Waals surface area contributed by atoms with Crippen molar-refractivity contribution in [1.82, 2.24) is 4.90 Å². The van der Waals surface area contributed by atoms with Crippen LogP contribution in [-0.4, -0.2) is 35.6 Å². The molecule has 104 valence electrons. The Kier molecular flexibility index (Phi) is 8.20. The highest BCUT2D eigenvalue weighted by atomic mass is 16.2. The number of amides is 2. The van der Waals surface area contributed by atoms with E-state index in [0.29, 0.717) is 38.6 Å². The molecule has 0 bridgehead atoms. The average Bonchev–Trinajstić information content (AvgIpc) is 2.36. The summed E-state index contributed by atoms with van der Waals surface area (Å²) in [4.78, 5) is 34.9. The zero-order valence-corrected chi connectivity index (χ0v) is 11.5. The number of Topliss-reactive ketones (excluding diaryl/α,β-unsaturated/α-hetero) is 1. The molecule has 0 aliphatic rings. The van der Waals surface area contributed by atoms with Crippen molar-refractivity contribution in [3.8, 4) is 0 Å². The Bertz CT molecular complexity index is 290. The van der Waals surface area contributed by atoms with Gasteiger partial charge in [-0.15, -0.1) is 0 Å². The van der Waals surface area contributed by atoms with Crippen molar-refractivity contribution >= 4 is 18.1 Å². The molecule has 1 unspecified atom stereocenters. The molecule has 5 nitrogen and oxygen atoms in total.